The van der Waals surface area contributed by atoms with Gasteiger partial charge in [-0.3, -0.25) is 5.92 Å². The van der Waals surface area contributed by atoms with Gasteiger partial charge in [0.05, 0.1) is 0 Å². The van der Waals surface area contributed by atoms with Gasteiger partial charge in [-0.1, -0.05) is 224 Å². The zero-order valence-corrected chi connectivity index (χ0v) is 33.5. The molecule has 0 N–H and O–H groups in total. The SMILES string of the molecule is C1=CC2C=CC1C2.[C-]#Cc1ccccc1.[Rh].c1ccc(P(c2ccccc2)c2ccccc2)cc1.c1ccc(P(c2ccccc2)c2ccccc2)cc1. The summed E-state index contributed by atoms with van der Waals surface area (Å²) in [7, 11) is -0.892. The first-order valence-electron chi connectivity index (χ1n) is 18.0. The Morgan fingerprint density at radius 3 is 0.685 bits per heavy atom. The van der Waals surface area contributed by atoms with Crippen LogP contribution in [0.15, 0.2) is 237 Å². The number of allylic oxidation sites excluding steroid dienone is 4. The molecule has 0 fully saturated rings. The molecule has 0 amide bonds. The minimum Gasteiger partial charge on any atom is -0.366 e. The van der Waals surface area contributed by atoms with Gasteiger partial charge in [-0.2, -0.15) is 0 Å². The smallest absolute Gasteiger partial charge is 0 e. The molecular weight excluding hydrogens is 777 g/mol. The molecule has 0 spiro atoms. The maximum atomic E-state index is 6.69. The number of rotatable bonds is 6. The minimum atomic E-state index is -0.446. The first-order chi connectivity index (χ1) is 26.3. The molecule has 0 aromatic heterocycles. The summed E-state index contributed by atoms with van der Waals surface area (Å²) in [4.78, 5) is 0. The summed E-state index contributed by atoms with van der Waals surface area (Å²) in [5.74, 6) is 3.90. The Balaban J connectivity index is 0.000000149. The zero-order valence-electron chi connectivity index (χ0n) is 30.1. The Hall–Kier alpha value is -4.94. The second-order valence-electron chi connectivity index (χ2n) is 12.5. The molecule has 267 valence electrons. The summed E-state index contributed by atoms with van der Waals surface area (Å²) in [5, 5.41) is 8.39. The van der Waals surface area contributed by atoms with Crippen molar-refractivity contribution in [3.63, 3.8) is 0 Å². The number of benzene rings is 7. The third-order valence-electron chi connectivity index (χ3n) is 8.76. The van der Waals surface area contributed by atoms with Gasteiger partial charge in [-0.05, 0) is 65.9 Å². The summed E-state index contributed by atoms with van der Waals surface area (Å²) in [6.07, 6.45) is 17.2. The van der Waals surface area contributed by atoms with Gasteiger partial charge in [0.25, 0.3) is 0 Å². The van der Waals surface area contributed by atoms with Crippen molar-refractivity contribution in [1.82, 2.24) is 0 Å². The molecule has 0 atom stereocenters. The van der Waals surface area contributed by atoms with E-state index in [0.29, 0.717) is 0 Å². The van der Waals surface area contributed by atoms with Crippen molar-refractivity contribution in [3.05, 3.63) is 249 Å². The monoisotopic (exact) mass is 820 g/mol. The molecule has 54 heavy (non-hydrogen) atoms. The van der Waals surface area contributed by atoms with E-state index in [2.05, 4.69) is 212 Å². The molecular formula is C51H43P2Rh-. The van der Waals surface area contributed by atoms with Crippen LogP contribution in [0.5, 0.6) is 0 Å². The van der Waals surface area contributed by atoms with Crippen molar-refractivity contribution in [2.45, 2.75) is 6.42 Å². The third-order valence-corrected chi connectivity index (χ3v) is 13.6. The number of hydrogen-bond acceptors (Lipinski definition) is 0. The molecule has 9 rings (SSSR count). The van der Waals surface area contributed by atoms with Crippen molar-refractivity contribution in [2.75, 3.05) is 0 Å². The van der Waals surface area contributed by atoms with Crippen LogP contribution in [0.4, 0.5) is 0 Å². The fourth-order valence-electron chi connectivity index (χ4n) is 6.21. The van der Waals surface area contributed by atoms with Gasteiger partial charge in [0.15, 0.2) is 0 Å². The van der Waals surface area contributed by atoms with Crippen LogP contribution in [-0.4, -0.2) is 0 Å². The summed E-state index contributed by atoms with van der Waals surface area (Å²) < 4.78 is 0. The maximum absolute atomic E-state index is 6.69. The summed E-state index contributed by atoms with van der Waals surface area (Å²) >= 11 is 0. The zero-order chi connectivity index (χ0) is 36.3. The molecule has 0 nitrogen and oxygen atoms in total. The second-order valence-corrected chi connectivity index (χ2v) is 16.9. The molecule has 7 aromatic rings. The average Bonchev–Trinajstić information content (AvgIpc) is 3.92. The molecule has 0 saturated carbocycles. The van der Waals surface area contributed by atoms with Crippen molar-refractivity contribution in [2.24, 2.45) is 11.8 Å². The Bertz CT molecular complexity index is 1810. The number of hydrogen-bond donors (Lipinski definition) is 0. The van der Waals surface area contributed by atoms with Crippen LogP contribution < -0.4 is 31.8 Å². The van der Waals surface area contributed by atoms with E-state index < -0.39 is 15.8 Å². The molecule has 0 saturated heterocycles. The normalized spacial score (nSPS) is 14.2. The maximum Gasteiger partial charge on any atom is 0 e. The van der Waals surface area contributed by atoms with Gasteiger partial charge in [-0.25, -0.2) is 0 Å². The summed E-state index contributed by atoms with van der Waals surface area (Å²) in [6.45, 7) is 0. The molecule has 2 bridgehead atoms. The van der Waals surface area contributed by atoms with Crippen LogP contribution in [-0.2, 0) is 19.5 Å². The van der Waals surface area contributed by atoms with Crippen LogP contribution in [0, 0.1) is 24.2 Å². The first-order valence-corrected chi connectivity index (χ1v) is 20.7. The van der Waals surface area contributed by atoms with Crippen molar-refractivity contribution in [3.8, 4) is 5.92 Å². The molecule has 0 aliphatic heterocycles. The van der Waals surface area contributed by atoms with Crippen LogP contribution in [0.2, 0.25) is 0 Å². The molecule has 1 radical (unpaired) electrons. The molecule has 2 aliphatic carbocycles. The van der Waals surface area contributed by atoms with Gasteiger partial charge in [0.1, 0.15) is 0 Å². The number of fused-ring (bicyclic) bond motifs is 2. The van der Waals surface area contributed by atoms with Gasteiger partial charge in [-0.15, -0.1) is 17.7 Å². The minimum absolute atomic E-state index is 0. The molecule has 3 heteroatoms. The predicted octanol–water partition coefficient (Wildman–Crippen LogP) is 10.3. The Morgan fingerprint density at radius 2 is 0.537 bits per heavy atom. The van der Waals surface area contributed by atoms with Crippen molar-refractivity contribution >= 4 is 47.7 Å². The van der Waals surface area contributed by atoms with E-state index in [1.807, 2.05) is 30.3 Å². The van der Waals surface area contributed by atoms with E-state index in [1.165, 1.54) is 38.2 Å². The molecule has 7 aromatic carbocycles. The molecule has 0 heterocycles. The quantitative estimate of drug-likeness (QED) is 0.0516. The molecule has 2 aliphatic rings. The summed E-state index contributed by atoms with van der Waals surface area (Å²) in [6, 6.07) is 74.0. The van der Waals surface area contributed by atoms with Gasteiger partial charge in [0.2, 0.25) is 0 Å². The van der Waals surface area contributed by atoms with E-state index >= 15 is 0 Å². The predicted molar refractivity (Wildman–Crippen MR) is 233 cm³/mol. The van der Waals surface area contributed by atoms with Gasteiger partial charge < -0.3 is 6.42 Å². The largest absolute Gasteiger partial charge is 0.366 e. The van der Waals surface area contributed by atoms with Gasteiger partial charge >= 0.3 is 0 Å². The van der Waals surface area contributed by atoms with E-state index in [-0.39, 0.29) is 19.5 Å². The average molecular weight is 821 g/mol. The van der Waals surface area contributed by atoms with Gasteiger partial charge in [0, 0.05) is 19.5 Å². The Labute approximate surface area is 338 Å². The van der Waals surface area contributed by atoms with Crippen molar-refractivity contribution in [1.29, 1.82) is 0 Å². The fraction of sp³-hybridized carbons (Fsp3) is 0.0588. The second kappa shape index (κ2) is 22.3. The topological polar surface area (TPSA) is 0 Å². The standard InChI is InChI=1S/2C18H15P.C8H5.C7H8.Rh/c2*1-4-10-16(11-5-1)19(17-12-6-2-7-13-17)18-14-8-3-9-15-18;1-2-8-6-4-3-5-7-8;1-2-7-4-3-6(1)5-7;/h2*1-15H;3-7H;1-4,6-7H,5H2;/q;;-1;;. The first kappa shape index (κ1) is 40.3. The van der Waals surface area contributed by atoms with E-state index in [9.17, 15) is 0 Å². The van der Waals surface area contributed by atoms with Crippen LogP contribution in [0.25, 0.3) is 0 Å². The fourth-order valence-corrected chi connectivity index (χ4v) is 10.8. The Morgan fingerprint density at radius 1 is 0.333 bits per heavy atom. The van der Waals surface area contributed by atoms with Crippen LogP contribution >= 0.6 is 15.8 Å². The summed E-state index contributed by atoms with van der Waals surface area (Å²) in [5.41, 5.74) is 0.826. The molecule has 0 unspecified atom stereocenters. The van der Waals surface area contributed by atoms with Crippen LogP contribution in [0.1, 0.15) is 12.0 Å². The third kappa shape index (κ3) is 12.0. The van der Waals surface area contributed by atoms with E-state index in [0.717, 1.165) is 17.4 Å². The van der Waals surface area contributed by atoms with Crippen LogP contribution in [0.3, 0.4) is 0 Å². The van der Waals surface area contributed by atoms with E-state index in [1.54, 1.807) is 0 Å². The van der Waals surface area contributed by atoms with E-state index in [4.69, 9.17) is 6.42 Å². The Kier molecular flexibility index (Phi) is 16.6. The van der Waals surface area contributed by atoms with Crippen molar-refractivity contribution < 1.29 is 19.5 Å².